The number of aromatic nitrogens is 2. The van der Waals surface area contributed by atoms with Gasteiger partial charge in [0.15, 0.2) is 0 Å². The van der Waals surface area contributed by atoms with Crippen molar-refractivity contribution in [1.82, 2.24) is 15.1 Å². The average Bonchev–Trinajstić information content (AvgIpc) is 3.22. The van der Waals surface area contributed by atoms with E-state index in [2.05, 4.69) is 10.4 Å². The van der Waals surface area contributed by atoms with Crippen LogP contribution in [0.1, 0.15) is 47.9 Å². The summed E-state index contributed by atoms with van der Waals surface area (Å²) in [5, 5.41) is 11.7. The lowest BCUT2D eigenvalue weighted by Gasteiger charge is -2.22. The van der Waals surface area contributed by atoms with E-state index in [0.29, 0.717) is 6.61 Å². The molecule has 1 saturated heterocycles. The molecule has 1 N–H and O–H groups in total. The molecular formula is C17H23N3O2S. The first-order chi connectivity index (χ1) is 11.0. The first kappa shape index (κ1) is 16.2. The van der Waals surface area contributed by atoms with Crippen LogP contribution >= 0.6 is 11.3 Å². The topological polar surface area (TPSA) is 56.1 Å². The van der Waals surface area contributed by atoms with Crippen LogP contribution in [0.5, 0.6) is 0 Å². The summed E-state index contributed by atoms with van der Waals surface area (Å²) in [6, 6.07) is 2.01. The second kappa shape index (κ2) is 6.45. The molecule has 0 radical (unpaired) electrons. The molecule has 1 aliphatic heterocycles. The summed E-state index contributed by atoms with van der Waals surface area (Å²) in [5.41, 5.74) is 4.25. The Labute approximate surface area is 140 Å². The van der Waals surface area contributed by atoms with Crippen LogP contribution in [-0.2, 0) is 16.6 Å². The van der Waals surface area contributed by atoms with E-state index in [1.807, 2.05) is 49.3 Å². The third kappa shape index (κ3) is 3.05. The fourth-order valence-corrected chi connectivity index (χ4v) is 3.96. The van der Waals surface area contributed by atoms with Gasteiger partial charge in [-0.15, -0.1) is 0 Å². The van der Waals surface area contributed by atoms with Crippen LogP contribution in [0.25, 0.3) is 0 Å². The molecule has 5 nitrogen and oxygen atoms in total. The van der Waals surface area contributed by atoms with Gasteiger partial charge in [-0.1, -0.05) is 0 Å². The number of hydrogen-bond acceptors (Lipinski definition) is 4. The van der Waals surface area contributed by atoms with E-state index in [0.717, 1.165) is 28.9 Å². The van der Waals surface area contributed by atoms with Crippen molar-refractivity contribution in [1.29, 1.82) is 0 Å². The number of ether oxygens (including phenoxy) is 1. The van der Waals surface area contributed by atoms with Gasteiger partial charge in [0.1, 0.15) is 6.10 Å². The third-order valence-electron chi connectivity index (χ3n) is 4.71. The Hall–Kier alpha value is -1.66. The molecule has 0 saturated carbocycles. The van der Waals surface area contributed by atoms with Crippen LogP contribution in [0.4, 0.5) is 0 Å². The standard InChI is InChI=1S/C17H23N3O2S/c1-10(13-6-8-23-9-13)17(21)18-14-5-7-22-16(14)15-11(2)19-20(4)12(15)3/h6,8-10,14,16H,5,7H2,1-4H3,(H,18,21)/t10?,14-,16-/m0/s1. The van der Waals surface area contributed by atoms with Gasteiger partial charge in [-0.25, -0.2) is 0 Å². The lowest BCUT2D eigenvalue weighted by atomic mass is 9.98. The van der Waals surface area contributed by atoms with Gasteiger partial charge >= 0.3 is 0 Å². The zero-order chi connectivity index (χ0) is 16.6. The number of thiophene rings is 1. The Bertz CT molecular complexity index is 693. The maximum atomic E-state index is 12.6. The van der Waals surface area contributed by atoms with Crippen molar-refractivity contribution >= 4 is 17.2 Å². The molecule has 0 aromatic carbocycles. The minimum atomic E-state index is -0.140. The van der Waals surface area contributed by atoms with Gasteiger partial charge in [0.05, 0.1) is 17.7 Å². The monoisotopic (exact) mass is 333 g/mol. The maximum absolute atomic E-state index is 12.6. The Kier molecular flexibility index (Phi) is 4.55. The van der Waals surface area contributed by atoms with E-state index in [1.165, 1.54) is 0 Å². The summed E-state index contributed by atoms with van der Waals surface area (Å²) in [6.45, 7) is 6.65. The van der Waals surface area contributed by atoms with Gasteiger partial charge in [0, 0.05) is 24.9 Å². The summed E-state index contributed by atoms with van der Waals surface area (Å²) in [4.78, 5) is 12.6. The van der Waals surface area contributed by atoms with Crippen LogP contribution in [0.3, 0.4) is 0 Å². The summed E-state index contributed by atoms with van der Waals surface area (Å²) in [6.07, 6.45) is 0.725. The van der Waals surface area contributed by atoms with E-state index in [-0.39, 0.29) is 24.0 Å². The van der Waals surface area contributed by atoms with Gasteiger partial charge in [0.25, 0.3) is 0 Å². The lowest BCUT2D eigenvalue weighted by molar-refractivity contribution is -0.123. The normalized spacial score (nSPS) is 22.3. The highest BCUT2D eigenvalue weighted by Crippen LogP contribution is 2.33. The maximum Gasteiger partial charge on any atom is 0.227 e. The molecule has 2 aromatic heterocycles. The van der Waals surface area contributed by atoms with Crippen molar-refractivity contribution in [3.8, 4) is 0 Å². The number of rotatable bonds is 4. The van der Waals surface area contributed by atoms with Crippen molar-refractivity contribution in [3.63, 3.8) is 0 Å². The summed E-state index contributed by atoms with van der Waals surface area (Å²) < 4.78 is 7.81. The van der Waals surface area contributed by atoms with Crippen LogP contribution in [-0.4, -0.2) is 28.3 Å². The number of carbonyl (C=O) groups excluding carboxylic acids is 1. The van der Waals surface area contributed by atoms with E-state index in [4.69, 9.17) is 4.74 Å². The minimum absolute atomic E-state index is 0.00480. The molecule has 3 atom stereocenters. The van der Waals surface area contributed by atoms with Crippen LogP contribution in [0.15, 0.2) is 16.8 Å². The lowest BCUT2D eigenvalue weighted by Crippen LogP contribution is -2.39. The fraction of sp³-hybridized carbons (Fsp3) is 0.529. The molecule has 1 aliphatic rings. The van der Waals surface area contributed by atoms with E-state index in [1.54, 1.807) is 11.3 Å². The molecule has 23 heavy (non-hydrogen) atoms. The van der Waals surface area contributed by atoms with Crippen molar-refractivity contribution in [2.24, 2.45) is 7.05 Å². The van der Waals surface area contributed by atoms with Gasteiger partial charge in [-0.3, -0.25) is 9.48 Å². The number of hydrogen-bond donors (Lipinski definition) is 1. The average molecular weight is 333 g/mol. The molecule has 0 bridgehead atoms. The largest absolute Gasteiger partial charge is 0.371 e. The zero-order valence-corrected chi connectivity index (χ0v) is 14.8. The van der Waals surface area contributed by atoms with Gasteiger partial charge in [-0.05, 0) is 49.6 Å². The quantitative estimate of drug-likeness (QED) is 0.936. The molecule has 3 heterocycles. The Morgan fingerprint density at radius 3 is 2.91 bits per heavy atom. The van der Waals surface area contributed by atoms with Crippen LogP contribution in [0, 0.1) is 13.8 Å². The van der Waals surface area contributed by atoms with Gasteiger partial charge in [-0.2, -0.15) is 16.4 Å². The molecule has 0 spiro atoms. The molecular weight excluding hydrogens is 310 g/mol. The summed E-state index contributed by atoms with van der Waals surface area (Å²) in [7, 11) is 1.94. The summed E-state index contributed by atoms with van der Waals surface area (Å²) >= 11 is 1.62. The molecule has 1 unspecified atom stereocenters. The fourth-order valence-electron chi connectivity index (χ4n) is 3.20. The molecule has 2 aromatic rings. The number of nitrogens with zero attached hydrogens (tertiary/aromatic N) is 2. The highest BCUT2D eigenvalue weighted by Gasteiger charge is 2.35. The number of nitrogens with one attached hydrogen (secondary N) is 1. The predicted molar refractivity (Wildman–Crippen MR) is 90.7 cm³/mol. The molecule has 6 heteroatoms. The van der Waals surface area contributed by atoms with Crippen molar-refractivity contribution in [2.45, 2.75) is 45.3 Å². The SMILES string of the molecule is Cc1nn(C)c(C)c1[C@H]1OCC[C@@H]1NC(=O)C(C)c1ccsc1. The predicted octanol–water partition coefficient (Wildman–Crippen LogP) is 2.85. The molecule has 1 fully saturated rings. The molecule has 124 valence electrons. The molecule has 1 amide bonds. The van der Waals surface area contributed by atoms with Crippen molar-refractivity contribution in [2.75, 3.05) is 6.61 Å². The molecule has 0 aliphatic carbocycles. The Morgan fingerprint density at radius 2 is 2.30 bits per heavy atom. The van der Waals surface area contributed by atoms with Crippen molar-refractivity contribution < 1.29 is 9.53 Å². The van der Waals surface area contributed by atoms with E-state index >= 15 is 0 Å². The zero-order valence-electron chi connectivity index (χ0n) is 14.0. The summed E-state index contributed by atoms with van der Waals surface area (Å²) in [5.74, 6) is -0.0818. The number of amides is 1. The Balaban J connectivity index is 1.76. The third-order valence-corrected chi connectivity index (χ3v) is 5.41. The number of carbonyl (C=O) groups is 1. The highest BCUT2D eigenvalue weighted by molar-refractivity contribution is 7.08. The van der Waals surface area contributed by atoms with Gasteiger partial charge < -0.3 is 10.1 Å². The smallest absolute Gasteiger partial charge is 0.227 e. The second-order valence-electron chi connectivity index (χ2n) is 6.18. The van der Waals surface area contributed by atoms with Gasteiger partial charge in [0.2, 0.25) is 5.91 Å². The first-order valence-corrected chi connectivity index (χ1v) is 8.87. The Morgan fingerprint density at radius 1 is 1.52 bits per heavy atom. The second-order valence-corrected chi connectivity index (χ2v) is 6.96. The number of aryl methyl sites for hydroxylation is 2. The first-order valence-electron chi connectivity index (χ1n) is 7.93. The van der Waals surface area contributed by atoms with Crippen molar-refractivity contribution in [3.05, 3.63) is 39.3 Å². The molecule has 3 rings (SSSR count). The van der Waals surface area contributed by atoms with E-state index in [9.17, 15) is 4.79 Å². The highest BCUT2D eigenvalue weighted by atomic mass is 32.1. The minimum Gasteiger partial charge on any atom is -0.371 e. The van der Waals surface area contributed by atoms with E-state index < -0.39 is 0 Å². The van der Waals surface area contributed by atoms with Crippen LogP contribution < -0.4 is 5.32 Å². The van der Waals surface area contributed by atoms with Crippen LogP contribution in [0.2, 0.25) is 0 Å².